The molecule has 3 N–H and O–H groups in total. The van der Waals surface area contributed by atoms with Crippen molar-refractivity contribution in [1.82, 2.24) is 0 Å². The molecule has 3 aromatic carbocycles. The molecule has 0 unspecified atom stereocenters. The number of carboxylic acid groups (broad SMARTS) is 2. The van der Waals surface area contributed by atoms with E-state index in [1.807, 2.05) is 30.3 Å². The van der Waals surface area contributed by atoms with E-state index in [1.54, 1.807) is 30.1 Å². The Bertz CT molecular complexity index is 1340. The quantitative estimate of drug-likeness (QED) is 0.377. The van der Waals surface area contributed by atoms with Crippen LogP contribution in [0, 0.1) is 0 Å². The molecular formula is C23H20ClF3N2O6S. The molecule has 0 bridgehead atoms. The molecule has 0 radical (unpaired) electrons. The Morgan fingerprint density at radius 1 is 0.972 bits per heavy atom. The zero-order chi connectivity index (χ0) is 27.1. The van der Waals surface area contributed by atoms with Crippen molar-refractivity contribution >= 4 is 44.9 Å². The molecule has 3 aromatic rings. The van der Waals surface area contributed by atoms with Crippen molar-refractivity contribution in [2.24, 2.45) is 0 Å². The first-order valence-corrected chi connectivity index (χ1v) is 11.8. The van der Waals surface area contributed by atoms with Gasteiger partial charge in [0, 0.05) is 19.3 Å². The SMILES string of the molecule is CN(Cc1ccccc1)c1ccc(NS(=O)(=O)c2ccccc2Cl)cc1C(=O)O.O=C(O)C(F)(F)F. The molecule has 0 aromatic heterocycles. The van der Waals surface area contributed by atoms with E-state index in [2.05, 4.69) is 4.72 Å². The van der Waals surface area contributed by atoms with Crippen LogP contribution in [0.2, 0.25) is 5.02 Å². The van der Waals surface area contributed by atoms with E-state index in [0.717, 1.165) is 5.56 Å². The van der Waals surface area contributed by atoms with Crippen molar-refractivity contribution in [3.05, 3.63) is 88.9 Å². The number of carboxylic acids is 2. The number of nitrogens with zero attached hydrogens (tertiary/aromatic N) is 1. The van der Waals surface area contributed by atoms with Crippen LogP contribution >= 0.6 is 11.6 Å². The highest BCUT2D eigenvalue weighted by Gasteiger charge is 2.38. The molecule has 0 atom stereocenters. The standard InChI is InChI=1S/C21H19ClN2O4S.C2HF3O2/c1-24(14-15-7-3-2-4-8-15)19-12-11-16(13-17(19)21(25)26)23-29(27,28)20-10-6-5-9-18(20)22;3-2(4,5)1(6)7/h2-13,23H,14H2,1H3,(H,25,26);(H,6,7). The lowest BCUT2D eigenvalue weighted by Gasteiger charge is -2.22. The average Bonchev–Trinajstić information content (AvgIpc) is 2.79. The molecule has 13 heteroatoms. The summed E-state index contributed by atoms with van der Waals surface area (Å²) in [5, 5.41) is 16.8. The van der Waals surface area contributed by atoms with Crippen LogP contribution in [0.25, 0.3) is 0 Å². The van der Waals surface area contributed by atoms with E-state index in [-0.39, 0.29) is 21.2 Å². The number of aromatic carboxylic acids is 1. The lowest BCUT2D eigenvalue weighted by atomic mass is 10.1. The van der Waals surface area contributed by atoms with Crippen molar-refractivity contribution in [1.29, 1.82) is 0 Å². The van der Waals surface area contributed by atoms with Gasteiger partial charge >= 0.3 is 18.1 Å². The molecule has 0 fully saturated rings. The molecule has 0 heterocycles. The average molecular weight is 545 g/mol. The van der Waals surface area contributed by atoms with Crippen LogP contribution in [0.5, 0.6) is 0 Å². The van der Waals surface area contributed by atoms with Crippen LogP contribution in [-0.4, -0.2) is 43.8 Å². The van der Waals surface area contributed by atoms with Crippen LogP contribution in [0.1, 0.15) is 15.9 Å². The van der Waals surface area contributed by atoms with Gasteiger partial charge in [0.1, 0.15) is 4.90 Å². The summed E-state index contributed by atoms with van der Waals surface area (Å²) in [5.41, 5.74) is 1.62. The first-order valence-electron chi connectivity index (χ1n) is 9.92. The largest absolute Gasteiger partial charge is 0.490 e. The van der Waals surface area contributed by atoms with Crippen molar-refractivity contribution in [3.8, 4) is 0 Å². The number of rotatable bonds is 7. The minimum atomic E-state index is -5.08. The summed E-state index contributed by atoms with van der Waals surface area (Å²) in [4.78, 5) is 22.4. The number of anilines is 2. The summed E-state index contributed by atoms with van der Waals surface area (Å²) in [6.45, 7) is 0.506. The Hall–Kier alpha value is -3.77. The summed E-state index contributed by atoms with van der Waals surface area (Å²) in [6.07, 6.45) is -5.08. The van der Waals surface area contributed by atoms with Crippen molar-refractivity contribution in [3.63, 3.8) is 0 Å². The van der Waals surface area contributed by atoms with Gasteiger partial charge in [-0.25, -0.2) is 18.0 Å². The second-order valence-corrected chi connectivity index (χ2v) is 9.28. The van der Waals surface area contributed by atoms with Gasteiger partial charge in [-0.15, -0.1) is 0 Å². The Labute approximate surface area is 209 Å². The van der Waals surface area contributed by atoms with E-state index >= 15 is 0 Å². The van der Waals surface area contributed by atoms with Gasteiger partial charge in [0.05, 0.1) is 16.3 Å². The molecule has 8 nitrogen and oxygen atoms in total. The maximum Gasteiger partial charge on any atom is 0.490 e. The predicted molar refractivity (Wildman–Crippen MR) is 128 cm³/mol. The summed E-state index contributed by atoms with van der Waals surface area (Å²) < 4.78 is 59.3. The van der Waals surface area contributed by atoms with Gasteiger partial charge in [0.2, 0.25) is 0 Å². The first-order chi connectivity index (χ1) is 16.7. The number of hydrogen-bond donors (Lipinski definition) is 3. The number of benzene rings is 3. The number of aliphatic carboxylic acids is 1. The van der Waals surface area contributed by atoms with Crippen LogP contribution in [0.4, 0.5) is 24.5 Å². The second kappa shape index (κ2) is 11.8. The Morgan fingerprint density at radius 2 is 1.53 bits per heavy atom. The lowest BCUT2D eigenvalue weighted by Crippen LogP contribution is -2.21. The van der Waals surface area contributed by atoms with Crippen molar-refractivity contribution in [2.45, 2.75) is 17.6 Å². The second-order valence-electron chi connectivity index (χ2n) is 7.22. The van der Waals surface area contributed by atoms with Gasteiger partial charge in [-0.05, 0) is 35.9 Å². The van der Waals surface area contributed by atoms with E-state index in [9.17, 15) is 31.5 Å². The highest BCUT2D eigenvalue weighted by Crippen LogP contribution is 2.28. The Morgan fingerprint density at radius 3 is 2.06 bits per heavy atom. The van der Waals surface area contributed by atoms with Gasteiger partial charge < -0.3 is 15.1 Å². The molecule has 0 aliphatic heterocycles. The van der Waals surface area contributed by atoms with Gasteiger partial charge in [0.25, 0.3) is 10.0 Å². The zero-order valence-corrected chi connectivity index (χ0v) is 20.1. The van der Waals surface area contributed by atoms with Gasteiger partial charge in [-0.2, -0.15) is 13.2 Å². The fourth-order valence-corrected chi connectivity index (χ4v) is 4.49. The van der Waals surface area contributed by atoms with E-state index in [1.165, 1.54) is 24.3 Å². The topological polar surface area (TPSA) is 124 Å². The lowest BCUT2D eigenvalue weighted by molar-refractivity contribution is -0.192. The molecule has 192 valence electrons. The summed E-state index contributed by atoms with van der Waals surface area (Å²) in [5.74, 6) is -3.91. The van der Waals surface area contributed by atoms with Crippen LogP contribution in [0.15, 0.2) is 77.7 Å². The molecule has 0 spiro atoms. The smallest absolute Gasteiger partial charge is 0.478 e. The highest BCUT2D eigenvalue weighted by molar-refractivity contribution is 7.92. The maximum atomic E-state index is 12.6. The summed E-state index contributed by atoms with van der Waals surface area (Å²) >= 11 is 5.98. The summed E-state index contributed by atoms with van der Waals surface area (Å²) in [6, 6.07) is 20.1. The number of nitrogens with one attached hydrogen (secondary N) is 1. The molecule has 3 rings (SSSR count). The van der Waals surface area contributed by atoms with Crippen LogP contribution in [-0.2, 0) is 21.4 Å². The predicted octanol–water partition coefficient (Wildman–Crippen LogP) is 5.11. The number of halogens is 4. The van der Waals surface area contributed by atoms with Gasteiger partial charge in [-0.1, -0.05) is 54.1 Å². The fraction of sp³-hybridized carbons (Fsp3) is 0.130. The molecule has 0 aliphatic carbocycles. The van der Waals surface area contributed by atoms with Gasteiger partial charge in [0.15, 0.2) is 0 Å². The highest BCUT2D eigenvalue weighted by atomic mass is 35.5. The molecular weight excluding hydrogens is 525 g/mol. The van der Waals surface area contributed by atoms with Crippen LogP contribution in [0.3, 0.4) is 0 Å². The zero-order valence-electron chi connectivity index (χ0n) is 18.5. The Kier molecular flexibility index (Phi) is 9.31. The van der Waals surface area contributed by atoms with Crippen molar-refractivity contribution in [2.75, 3.05) is 16.7 Å². The number of hydrogen-bond acceptors (Lipinski definition) is 5. The molecule has 36 heavy (non-hydrogen) atoms. The number of carbonyl (C=O) groups is 2. The monoisotopic (exact) mass is 544 g/mol. The molecule has 0 amide bonds. The van der Waals surface area contributed by atoms with E-state index in [0.29, 0.717) is 12.2 Å². The van der Waals surface area contributed by atoms with Crippen molar-refractivity contribution < 1.29 is 41.4 Å². The Balaban J connectivity index is 0.000000572. The molecule has 0 saturated carbocycles. The molecule has 0 saturated heterocycles. The van der Waals surface area contributed by atoms with Crippen LogP contribution < -0.4 is 9.62 Å². The first kappa shape index (κ1) is 28.5. The minimum Gasteiger partial charge on any atom is -0.478 e. The van der Waals surface area contributed by atoms with E-state index in [4.69, 9.17) is 21.5 Å². The number of sulfonamides is 1. The third kappa shape index (κ3) is 7.89. The molecule has 0 aliphatic rings. The third-order valence-corrected chi connectivity index (χ3v) is 6.40. The third-order valence-electron chi connectivity index (χ3n) is 4.52. The van der Waals surface area contributed by atoms with Gasteiger partial charge in [-0.3, -0.25) is 4.72 Å². The minimum absolute atomic E-state index is 0.0113. The number of alkyl halides is 3. The van der Waals surface area contributed by atoms with E-state index < -0.39 is 28.1 Å². The fourth-order valence-electron chi connectivity index (χ4n) is 2.92. The normalized spacial score (nSPS) is 11.1. The maximum absolute atomic E-state index is 12.6. The summed E-state index contributed by atoms with van der Waals surface area (Å²) in [7, 11) is -2.18.